The van der Waals surface area contributed by atoms with Crippen LogP contribution in [0.2, 0.25) is 0 Å². The highest BCUT2D eigenvalue weighted by Gasteiger charge is 2.15. The van der Waals surface area contributed by atoms with Crippen LogP contribution in [-0.2, 0) is 4.79 Å². The Morgan fingerprint density at radius 3 is 2.93 bits per heavy atom. The van der Waals surface area contributed by atoms with Gasteiger partial charge in [0, 0.05) is 26.1 Å². The van der Waals surface area contributed by atoms with Crippen LogP contribution >= 0.6 is 0 Å². The molecule has 1 saturated heterocycles. The van der Waals surface area contributed by atoms with Gasteiger partial charge in [0.25, 0.3) is 0 Å². The first-order chi connectivity index (χ1) is 7.20. The lowest BCUT2D eigenvalue weighted by Crippen LogP contribution is -2.35. The normalized spacial score (nSPS) is 17.3. The summed E-state index contributed by atoms with van der Waals surface area (Å²) in [4.78, 5) is 23.8. The summed E-state index contributed by atoms with van der Waals surface area (Å²) in [5.41, 5.74) is 4.93. The first-order valence-electron chi connectivity index (χ1n) is 5.51. The average Bonchev–Trinajstić information content (AvgIpc) is 2.38. The van der Waals surface area contributed by atoms with Crippen LogP contribution in [-0.4, -0.2) is 36.5 Å². The molecule has 3 amide bonds. The fourth-order valence-corrected chi connectivity index (χ4v) is 1.76. The Bertz CT molecular complexity index is 231. The third-order valence-corrected chi connectivity index (χ3v) is 2.58. The number of nitrogens with one attached hydrogen (secondary N) is 1. The standard InChI is InChI=1S/C10H19N3O2/c11-10(15)12-6-4-8-13-7-3-1-2-5-9(13)14/h1-8H2,(H3,11,12,15). The maximum absolute atomic E-state index is 11.6. The fraction of sp³-hybridized carbons (Fsp3) is 0.800. The van der Waals surface area contributed by atoms with Crippen molar-refractivity contribution in [3.05, 3.63) is 0 Å². The van der Waals surface area contributed by atoms with Crippen LogP contribution in [0.5, 0.6) is 0 Å². The lowest BCUT2D eigenvalue weighted by atomic mass is 10.2. The quantitative estimate of drug-likeness (QED) is 0.665. The zero-order valence-corrected chi connectivity index (χ0v) is 9.00. The Morgan fingerprint density at radius 2 is 2.20 bits per heavy atom. The van der Waals surface area contributed by atoms with Gasteiger partial charge in [0.05, 0.1) is 0 Å². The molecule has 15 heavy (non-hydrogen) atoms. The molecule has 1 heterocycles. The van der Waals surface area contributed by atoms with Crippen molar-refractivity contribution in [3.63, 3.8) is 0 Å². The predicted octanol–water partition coefficient (Wildman–Crippen LogP) is 0.447. The largest absolute Gasteiger partial charge is 0.352 e. The van der Waals surface area contributed by atoms with Gasteiger partial charge >= 0.3 is 6.03 Å². The number of likely N-dealkylation sites (tertiary alicyclic amines) is 1. The molecule has 0 saturated carbocycles. The number of hydrogen-bond acceptors (Lipinski definition) is 2. The number of carbonyl (C=O) groups excluding carboxylic acids is 2. The van der Waals surface area contributed by atoms with Crippen molar-refractivity contribution < 1.29 is 9.59 Å². The minimum Gasteiger partial charge on any atom is -0.352 e. The average molecular weight is 213 g/mol. The summed E-state index contributed by atoms with van der Waals surface area (Å²) in [7, 11) is 0. The van der Waals surface area contributed by atoms with Gasteiger partial charge in [-0.05, 0) is 19.3 Å². The lowest BCUT2D eigenvalue weighted by molar-refractivity contribution is -0.130. The number of amides is 3. The van der Waals surface area contributed by atoms with Gasteiger partial charge in [-0.1, -0.05) is 6.42 Å². The van der Waals surface area contributed by atoms with Crippen LogP contribution in [0.15, 0.2) is 0 Å². The highest BCUT2D eigenvalue weighted by Crippen LogP contribution is 2.10. The van der Waals surface area contributed by atoms with Gasteiger partial charge in [-0.2, -0.15) is 0 Å². The number of hydrogen-bond donors (Lipinski definition) is 2. The lowest BCUT2D eigenvalue weighted by Gasteiger charge is -2.20. The van der Waals surface area contributed by atoms with Crippen molar-refractivity contribution in [3.8, 4) is 0 Å². The van der Waals surface area contributed by atoms with E-state index in [4.69, 9.17) is 5.73 Å². The van der Waals surface area contributed by atoms with E-state index in [1.165, 1.54) is 0 Å². The molecule has 5 nitrogen and oxygen atoms in total. The number of primary amides is 1. The van der Waals surface area contributed by atoms with Crippen LogP contribution in [0.25, 0.3) is 0 Å². The molecule has 0 bridgehead atoms. The molecule has 0 aromatic rings. The van der Waals surface area contributed by atoms with E-state index in [1.807, 2.05) is 4.90 Å². The molecule has 1 rings (SSSR count). The molecule has 1 fully saturated rings. The van der Waals surface area contributed by atoms with Crippen molar-refractivity contribution in [1.82, 2.24) is 10.2 Å². The molecule has 0 aromatic heterocycles. The first kappa shape index (κ1) is 11.8. The third kappa shape index (κ3) is 4.67. The molecule has 1 aliphatic heterocycles. The second-order valence-electron chi connectivity index (χ2n) is 3.84. The topological polar surface area (TPSA) is 75.4 Å². The molecular weight excluding hydrogens is 194 g/mol. The molecule has 86 valence electrons. The maximum atomic E-state index is 11.6. The molecule has 0 unspecified atom stereocenters. The monoisotopic (exact) mass is 213 g/mol. The minimum absolute atomic E-state index is 0.242. The van der Waals surface area contributed by atoms with Crippen molar-refractivity contribution in [2.75, 3.05) is 19.6 Å². The Morgan fingerprint density at radius 1 is 1.40 bits per heavy atom. The van der Waals surface area contributed by atoms with E-state index in [9.17, 15) is 9.59 Å². The summed E-state index contributed by atoms with van der Waals surface area (Å²) < 4.78 is 0. The van der Waals surface area contributed by atoms with E-state index < -0.39 is 6.03 Å². The molecule has 1 aliphatic rings. The Balaban J connectivity index is 2.18. The number of urea groups is 1. The summed E-state index contributed by atoms with van der Waals surface area (Å²) in [5.74, 6) is 0.242. The molecule has 0 aliphatic carbocycles. The van der Waals surface area contributed by atoms with Crippen LogP contribution < -0.4 is 11.1 Å². The maximum Gasteiger partial charge on any atom is 0.312 e. The molecule has 0 spiro atoms. The summed E-state index contributed by atoms with van der Waals surface area (Å²) in [6, 6.07) is -0.503. The second kappa shape index (κ2) is 6.27. The van der Waals surface area contributed by atoms with Crippen molar-refractivity contribution >= 4 is 11.9 Å². The van der Waals surface area contributed by atoms with Crippen molar-refractivity contribution in [2.45, 2.75) is 32.1 Å². The molecular formula is C10H19N3O2. The Labute approximate surface area is 90.0 Å². The van der Waals surface area contributed by atoms with Crippen molar-refractivity contribution in [1.29, 1.82) is 0 Å². The SMILES string of the molecule is NC(=O)NCCCN1CCCCCC1=O. The highest BCUT2D eigenvalue weighted by molar-refractivity contribution is 5.76. The van der Waals surface area contributed by atoms with E-state index in [0.29, 0.717) is 13.0 Å². The molecule has 0 radical (unpaired) electrons. The zero-order chi connectivity index (χ0) is 11.1. The highest BCUT2D eigenvalue weighted by atomic mass is 16.2. The number of carbonyl (C=O) groups is 2. The summed E-state index contributed by atoms with van der Waals surface area (Å²) in [6.07, 6.45) is 4.68. The number of nitrogens with zero attached hydrogens (tertiary/aromatic N) is 1. The van der Waals surface area contributed by atoms with Gasteiger partial charge in [0.15, 0.2) is 0 Å². The van der Waals surface area contributed by atoms with E-state index in [2.05, 4.69) is 5.32 Å². The zero-order valence-electron chi connectivity index (χ0n) is 9.00. The summed E-state index contributed by atoms with van der Waals surface area (Å²) >= 11 is 0. The molecule has 0 atom stereocenters. The van der Waals surface area contributed by atoms with Crippen LogP contribution in [0.1, 0.15) is 32.1 Å². The fourth-order valence-electron chi connectivity index (χ4n) is 1.76. The van der Waals surface area contributed by atoms with Crippen molar-refractivity contribution in [2.24, 2.45) is 5.73 Å². The molecule has 3 N–H and O–H groups in total. The van der Waals surface area contributed by atoms with E-state index >= 15 is 0 Å². The first-order valence-corrected chi connectivity index (χ1v) is 5.51. The smallest absolute Gasteiger partial charge is 0.312 e. The molecule has 0 aromatic carbocycles. The summed E-state index contributed by atoms with van der Waals surface area (Å²) in [6.45, 7) is 2.12. The van der Waals surface area contributed by atoms with Crippen LogP contribution in [0.4, 0.5) is 4.79 Å². The Kier molecular flexibility index (Phi) is 4.93. The summed E-state index contributed by atoms with van der Waals surface area (Å²) in [5, 5.41) is 2.52. The van der Waals surface area contributed by atoms with Gasteiger partial charge < -0.3 is 16.0 Å². The molecule has 5 heteroatoms. The predicted molar refractivity (Wildman–Crippen MR) is 57.3 cm³/mol. The van der Waals surface area contributed by atoms with Gasteiger partial charge in [-0.15, -0.1) is 0 Å². The van der Waals surface area contributed by atoms with Crippen LogP contribution in [0, 0.1) is 0 Å². The van der Waals surface area contributed by atoms with Crippen LogP contribution in [0.3, 0.4) is 0 Å². The van der Waals surface area contributed by atoms with E-state index in [0.717, 1.165) is 38.8 Å². The van der Waals surface area contributed by atoms with Gasteiger partial charge in [0.2, 0.25) is 5.91 Å². The van der Waals surface area contributed by atoms with Gasteiger partial charge in [-0.25, -0.2) is 4.79 Å². The number of rotatable bonds is 4. The second-order valence-corrected chi connectivity index (χ2v) is 3.84. The van der Waals surface area contributed by atoms with Gasteiger partial charge in [-0.3, -0.25) is 4.79 Å². The van der Waals surface area contributed by atoms with Gasteiger partial charge in [0.1, 0.15) is 0 Å². The minimum atomic E-state index is -0.503. The Hall–Kier alpha value is -1.26. The van der Waals surface area contributed by atoms with E-state index in [1.54, 1.807) is 0 Å². The number of nitrogens with two attached hydrogens (primary N) is 1. The van der Waals surface area contributed by atoms with E-state index in [-0.39, 0.29) is 5.91 Å². The third-order valence-electron chi connectivity index (χ3n) is 2.58.